The molecule has 1 fully saturated rings. The molecule has 0 radical (unpaired) electrons. The minimum atomic E-state index is -3.31. The summed E-state index contributed by atoms with van der Waals surface area (Å²) >= 11 is 1.31. The van der Waals surface area contributed by atoms with Crippen molar-refractivity contribution in [1.29, 1.82) is 0 Å². The lowest BCUT2D eigenvalue weighted by Crippen LogP contribution is -2.48. The summed E-state index contributed by atoms with van der Waals surface area (Å²) in [6.07, 6.45) is 2.44. The highest BCUT2D eigenvalue weighted by molar-refractivity contribution is 8.01. The Morgan fingerprint density at radius 3 is 2.72 bits per heavy atom. The van der Waals surface area contributed by atoms with Crippen molar-refractivity contribution in [3.8, 4) is 0 Å². The van der Waals surface area contributed by atoms with Gasteiger partial charge in [-0.2, -0.15) is 0 Å². The number of hydrogen-bond acceptors (Lipinski definition) is 5. The van der Waals surface area contributed by atoms with E-state index in [1.807, 2.05) is 13.8 Å². The van der Waals surface area contributed by atoms with E-state index < -0.39 is 9.84 Å². The van der Waals surface area contributed by atoms with Gasteiger partial charge in [0.15, 0.2) is 9.84 Å². The predicted octanol–water partition coefficient (Wildman–Crippen LogP) is 2.72. The third kappa shape index (κ3) is 5.88. The average molecular weight is 407 g/mol. The van der Waals surface area contributed by atoms with E-state index in [0.29, 0.717) is 22.8 Å². The van der Waals surface area contributed by atoms with Crippen LogP contribution in [0.2, 0.25) is 0 Å². The molecular formula is C17H27ClN2O3S2. The average Bonchev–Trinajstić information content (AvgIpc) is 2.54. The molecule has 0 aromatic heterocycles. The Hall–Kier alpha value is -0.760. The van der Waals surface area contributed by atoms with Gasteiger partial charge in [-0.3, -0.25) is 4.79 Å². The predicted molar refractivity (Wildman–Crippen MR) is 105 cm³/mol. The molecule has 0 aliphatic carbocycles. The number of likely N-dealkylation sites (tertiary alicyclic amines) is 1. The lowest BCUT2D eigenvalue weighted by atomic mass is 10.1. The van der Waals surface area contributed by atoms with Crippen molar-refractivity contribution in [3.05, 3.63) is 24.3 Å². The number of hydrogen-bond donors (Lipinski definition) is 1. The van der Waals surface area contributed by atoms with Crippen molar-refractivity contribution in [2.24, 2.45) is 5.73 Å². The summed E-state index contributed by atoms with van der Waals surface area (Å²) in [5, 5.41) is -0.340. The van der Waals surface area contributed by atoms with Crippen molar-refractivity contribution in [1.82, 2.24) is 4.90 Å². The summed E-state index contributed by atoms with van der Waals surface area (Å²) in [5.74, 6) is 0.145. The fourth-order valence-corrected chi connectivity index (χ4v) is 5.81. The fourth-order valence-electron chi connectivity index (χ4n) is 2.89. The number of halogens is 1. The second-order valence-corrected chi connectivity index (χ2v) is 9.67. The Labute approximate surface area is 161 Å². The van der Waals surface area contributed by atoms with Gasteiger partial charge >= 0.3 is 0 Å². The Balaban J connectivity index is 0.00000312. The lowest BCUT2D eigenvalue weighted by molar-refractivity contribution is -0.131. The van der Waals surface area contributed by atoms with Crippen LogP contribution in [-0.4, -0.2) is 49.4 Å². The first-order valence-electron chi connectivity index (χ1n) is 8.38. The summed E-state index contributed by atoms with van der Waals surface area (Å²) in [4.78, 5) is 15.4. The molecule has 1 aliphatic rings. The first-order chi connectivity index (χ1) is 11.3. The second-order valence-electron chi connectivity index (χ2n) is 6.21. The number of nitrogens with two attached hydrogens (primary N) is 1. The number of amides is 1. The number of benzene rings is 1. The van der Waals surface area contributed by atoms with Crippen LogP contribution in [-0.2, 0) is 14.6 Å². The van der Waals surface area contributed by atoms with Crippen LogP contribution in [0.25, 0.3) is 0 Å². The molecule has 0 saturated carbocycles. The molecule has 1 aliphatic heterocycles. The maximum absolute atomic E-state index is 12.6. The molecule has 2 rings (SSSR count). The standard InChI is InChI=1S/C17H26N2O3S2.ClH/c1-3-11-24(21,22)16-9-5-4-8-15(16)23-13(2)17(20)19-10-6-7-14(18)12-19;/h4-5,8-9,13-14H,3,6-7,10-12,18H2,1-2H3;1H. The van der Waals surface area contributed by atoms with E-state index in [9.17, 15) is 13.2 Å². The molecule has 25 heavy (non-hydrogen) atoms. The number of carbonyl (C=O) groups excluding carboxylic acids is 1. The zero-order valence-electron chi connectivity index (χ0n) is 14.7. The first kappa shape index (κ1) is 22.3. The molecule has 1 amide bonds. The third-order valence-electron chi connectivity index (χ3n) is 4.08. The van der Waals surface area contributed by atoms with E-state index >= 15 is 0 Å². The normalized spacial score (nSPS) is 19.2. The molecule has 2 atom stereocenters. The van der Waals surface area contributed by atoms with Gasteiger partial charge in [0.05, 0.1) is 15.9 Å². The summed E-state index contributed by atoms with van der Waals surface area (Å²) in [6.45, 7) is 4.99. The molecule has 0 bridgehead atoms. The van der Waals surface area contributed by atoms with E-state index in [0.717, 1.165) is 19.4 Å². The monoisotopic (exact) mass is 406 g/mol. The lowest BCUT2D eigenvalue weighted by Gasteiger charge is -2.32. The molecule has 1 aromatic rings. The number of thioether (sulfide) groups is 1. The number of carbonyl (C=O) groups is 1. The van der Waals surface area contributed by atoms with E-state index in [1.54, 1.807) is 29.2 Å². The van der Waals surface area contributed by atoms with Crippen molar-refractivity contribution in [2.45, 2.75) is 54.2 Å². The Bertz CT molecular complexity index is 682. The molecule has 8 heteroatoms. The zero-order chi connectivity index (χ0) is 17.7. The maximum Gasteiger partial charge on any atom is 0.235 e. The molecule has 2 unspecified atom stereocenters. The smallest absolute Gasteiger partial charge is 0.235 e. The number of piperidine rings is 1. The molecule has 1 heterocycles. The van der Waals surface area contributed by atoms with Gasteiger partial charge in [0, 0.05) is 24.0 Å². The van der Waals surface area contributed by atoms with E-state index in [2.05, 4.69) is 0 Å². The van der Waals surface area contributed by atoms with Crippen LogP contribution in [0.3, 0.4) is 0 Å². The molecule has 1 aromatic carbocycles. The Kier molecular flexibility index (Phi) is 8.74. The fraction of sp³-hybridized carbons (Fsp3) is 0.588. The van der Waals surface area contributed by atoms with Crippen LogP contribution in [0.15, 0.2) is 34.1 Å². The quantitative estimate of drug-likeness (QED) is 0.734. The molecular weight excluding hydrogens is 380 g/mol. The molecule has 2 N–H and O–H groups in total. The molecule has 1 saturated heterocycles. The van der Waals surface area contributed by atoms with Crippen LogP contribution in [0.5, 0.6) is 0 Å². The van der Waals surface area contributed by atoms with Gasteiger partial charge in [0.25, 0.3) is 0 Å². The minimum Gasteiger partial charge on any atom is -0.340 e. The van der Waals surface area contributed by atoms with Crippen LogP contribution in [0.1, 0.15) is 33.1 Å². The summed E-state index contributed by atoms with van der Waals surface area (Å²) in [7, 11) is -3.31. The van der Waals surface area contributed by atoms with Crippen LogP contribution in [0.4, 0.5) is 0 Å². The van der Waals surface area contributed by atoms with Gasteiger partial charge in [0.2, 0.25) is 5.91 Å². The summed E-state index contributed by atoms with van der Waals surface area (Å²) in [5.41, 5.74) is 5.95. The van der Waals surface area contributed by atoms with Crippen LogP contribution in [0, 0.1) is 0 Å². The van der Waals surface area contributed by atoms with Gasteiger partial charge in [0.1, 0.15) is 0 Å². The van der Waals surface area contributed by atoms with Gasteiger partial charge in [-0.1, -0.05) is 19.1 Å². The first-order valence-corrected chi connectivity index (χ1v) is 10.9. The second kappa shape index (κ2) is 9.80. The van der Waals surface area contributed by atoms with E-state index in [-0.39, 0.29) is 35.4 Å². The van der Waals surface area contributed by atoms with E-state index in [4.69, 9.17) is 5.73 Å². The van der Waals surface area contributed by atoms with Crippen molar-refractivity contribution in [2.75, 3.05) is 18.8 Å². The number of sulfone groups is 1. The minimum absolute atomic E-state index is 0. The zero-order valence-corrected chi connectivity index (χ0v) is 17.1. The Morgan fingerprint density at radius 1 is 1.40 bits per heavy atom. The highest BCUT2D eigenvalue weighted by atomic mass is 35.5. The highest BCUT2D eigenvalue weighted by Crippen LogP contribution is 2.31. The van der Waals surface area contributed by atoms with Crippen molar-refractivity contribution >= 4 is 39.9 Å². The highest BCUT2D eigenvalue weighted by Gasteiger charge is 2.27. The van der Waals surface area contributed by atoms with Gasteiger partial charge in [-0.25, -0.2) is 8.42 Å². The van der Waals surface area contributed by atoms with Crippen molar-refractivity contribution < 1.29 is 13.2 Å². The molecule has 5 nitrogen and oxygen atoms in total. The van der Waals surface area contributed by atoms with E-state index in [1.165, 1.54) is 11.8 Å². The topological polar surface area (TPSA) is 80.5 Å². The Morgan fingerprint density at radius 2 is 2.08 bits per heavy atom. The van der Waals surface area contributed by atoms with Gasteiger partial charge in [-0.05, 0) is 38.3 Å². The molecule has 142 valence electrons. The number of nitrogens with zero attached hydrogens (tertiary/aromatic N) is 1. The largest absolute Gasteiger partial charge is 0.340 e. The summed E-state index contributed by atoms with van der Waals surface area (Å²) < 4.78 is 24.8. The maximum atomic E-state index is 12.6. The summed E-state index contributed by atoms with van der Waals surface area (Å²) in [6, 6.07) is 6.97. The van der Waals surface area contributed by atoms with Crippen LogP contribution >= 0.6 is 24.2 Å². The number of rotatable bonds is 6. The van der Waals surface area contributed by atoms with Crippen LogP contribution < -0.4 is 5.73 Å². The molecule has 0 spiro atoms. The third-order valence-corrected chi connectivity index (χ3v) is 7.34. The van der Waals surface area contributed by atoms with Gasteiger partial charge < -0.3 is 10.6 Å². The SMILES string of the molecule is CCCS(=O)(=O)c1ccccc1SC(C)C(=O)N1CCCC(N)C1.Cl. The van der Waals surface area contributed by atoms with Gasteiger partial charge in [-0.15, -0.1) is 24.2 Å². The van der Waals surface area contributed by atoms with Crippen molar-refractivity contribution in [3.63, 3.8) is 0 Å².